The number of rotatable bonds is 5. The summed E-state index contributed by atoms with van der Waals surface area (Å²) in [5.41, 5.74) is 1.26. The first-order valence-corrected chi connectivity index (χ1v) is 6.00. The van der Waals surface area contributed by atoms with Crippen molar-refractivity contribution < 1.29 is 0 Å². The van der Waals surface area contributed by atoms with Crippen molar-refractivity contribution in [2.45, 2.75) is 33.2 Å². The monoisotopic (exact) mass is 225 g/mol. The second-order valence-corrected chi connectivity index (χ2v) is 4.63. The first kappa shape index (κ1) is 12.5. The third-order valence-electron chi connectivity index (χ3n) is 2.82. The number of hydrogen-bond acceptors (Lipinski definition) is 1. The van der Waals surface area contributed by atoms with E-state index in [0.29, 0.717) is 6.04 Å². The zero-order valence-electron chi connectivity index (χ0n) is 9.76. The van der Waals surface area contributed by atoms with Gasteiger partial charge in [0.25, 0.3) is 0 Å². The van der Waals surface area contributed by atoms with Gasteiger partial charge < -0.3 is 5.32 Å². The van der Waals surface area contributed by atoms with Gasteiger partial charge in [0.2, 0.25) is 0 Å². The lowest BCUT2D eigenvalue weighted by atomic mass is 10.1. The lowest BCUT2D eigenvalue weighted by molar-refractivity contribution is 0.461. The standard InChI is InChI=1S/C13H20ClN/c1-4-10(2)9-15-11(3)12-6-5-7-13(14)8-12/h5-8,10-11,15H,4,9H2,1-3H3/t10?,11-/m1/s1. The van der Waals surface area contributed by atoms with Crippen LogP contribution in [0.1, 0.15) is 38.8 Å². The Morgan fingerprint density at radius 1 is 1.33 bits per heavy atom. The molecule has 2 atom stereocenters. The summed E-state index contributed by atoms with van der Waals surface area (Å²) in [7, 11) is 0. The van der Waals surface area contributed by atoms with Crippen molar-refractivity contribution in [2.24, 2.45) is 5.92 Å². The van der Waals surface area contributed by atoms with Crippen molar-refractivity contribution in [1.82, 2.24) is 5.32 Å². The molecule has 0 spiro atoms. The Morgan fingerprint density at radius 3 is 2.67 bits per heavy atom. The SMILES string of the molecule is CCC(C)CN[C@H](C)c1cccc(Cl)c1. The molecular formula is C13H20ClN. The van der Waals surface area contributed by atoms with Crippen LogP contribution in [-0.2, 0) is 0 Å². The highest BCUT2D eigenvalue weighted by Gasteiger charge is 2.06. The normalized spacial score (nSPS) is 14.9. The molecule has 0 aliphatic carbocycles. The highest BCUT2D eigenvalue weighted by atomic mass is 35.5. The van der Waals surface area contributed by atoms with Crippen molar-refractivity contribution in [3.05, 3.63) is 34.9 Å². The molecule has 15 heavy (non-hydrogen) atoms. The molecule has 84 valence electrons. The molecule has 1 aromatic rings. The lowest BCUT2D eigenvalue weighted by Gasteiger charge is -2.17. The van der Waals surface area contributed by atoms with E-state index < -0.39 is 0 Å². The molecule has 1 aromatic carbocycles. The zero-order chi connectivity index (χ0) is 11.3. The summed E-state index contributed by atoms with van der Waals surface area (Å²) in [5.74, 6) is 0.728. The van der Waals surface area contributed by atoms with Crippen LogP contribution in [0.4, 0.5) is 0 Å². The molecule has 1 nitrogen and oxygen atoms in total. The Labute approximate surface area is 97.8 Å². The van der Waals surface area contributed by atoms with Crippen LogP contribution < -0.4 is 5.32 Å². The predicted molar refractivity (Wildman–Crippen MR) is 67.3 cm³/mol. The van der Waals surface area contributed by atoms with E-state index in [9.17, 15) is 0 Å². The molecule has 0 fully saturated rings. The van der Waals surface area contributed by atoms with Gasteiger partial charge in [-0.25, -0.2) is 0 Å². The highest BCUT2D eigenvalue weighted by Crippen LogP contribution is 2.17. The number of hydrogen-bond donors (Lipinski definition) is 1. The summed E-state index contributed by atoms with van der Waals surface area (Å²) in [6, 6.07) is 8.42. The minimum atomic E-state index is 0.373. The van der Waals surface area contributed by atoms with E-state index >= 15 is 0 Å². The van der Waals surface area contributed by atoms with Gasteiger partial charge >= 0.3 is 0 Å². The molecule has 0 aromatic heterocycles. The molecule has 0 aliphatic heterocycles. The lowest BCUT2D eigenvalue weighted by Crippen LogP contribution is -2.24. The minimum absolute atomic E-state index is 0.373. The molecule has 0 saturated carbocycles. The average Bonchev–Trinajstić information content (AvgIpc) is 2.25. The number of halogens is 1. The van der Waals surface area contributed by atoms with Gasteiger partial charge in [0, 0.05) is 11.1 Å². The quantitative estimate of drug-likeness (QED) is 0.798. The summed E-state index contributed by atoms with van der Waals surface area (Å²) < 4.78 is 0. The van der Waals surface area contributed by atoms with Gasteiger partial charge in [-0.15, -0.1) is 0 Å². The van der Waals surface area contributed by atoms with E-state index in [1.807, 2.05) is 18.2 Å². The van der Waals surface area contributed by atoms with Gasteiger partial charge in [-0.2, -0.15) is 0 Å². The fourth-order valence-electron chi connectivity index (χ4n) is 1.42. The van der Waals surface area contributed by atoms with Crippen LogP contribution in [0.2, 0.25) is 5.02 Å². The molecule has 0 amide bonds. The van der Waals surface area contributed by atoms with Gasteiger partial charge in [-0.1, -0.05) is 44.0 Å². The molecular weight excluding hydrogens is 206 g/mol. The maximum Gasteiger partial charge on any atom is 0.0409 e. The van der Waals surface area contributed by atoms with E-state index in [1.165, 1.54) is 12.0 Å². The molecule has 0 saturated heterocycles. The van der Waals surface area contributed by atoms with E-state index in [1.54, 1.807) is 0 Å². The first-order valence-electron chi connectivity index (χ1n) is 5.62. The van der Waals surface area contributed by atoms with E-state index in [4.69, 9.17) is 11.6 Å². The van der Waals surface area contributed by atoms with E-state index in [2.05, 4.69) is 32.2 Å². The van der Waals surface area contributed by atoms with Crippen LogP contribution in [0, 0.1) is 5.92 Å². The highest BCUT2D eigenvalue weighted by molar-refractivity contribution is 6.30. The smallest absolute Gasteiger partial charge is 0.0409 e. The van der Waals surface area contributed by atoms with Crippen molar-refractivity contribution in [1.29, 1.82) is 0 Å². The van der Waals surface area contributed by atoms with Crippen molar-refractivity contribution >= 4 is 11.6 Å². The van der Waals surface area contributed by atoms with Crippen LogP contribution in [0.3, 0.4) is 0 Å². The summed E-state index contributed by atoms with van der Waals surface area (Å²) in [5, 5.41) is 4.33. The van der Waals surface area contributed by atoms with Gasteiger partial charge in [0.15, 0.2) is 0 Å². The predicted octanol–water partition coefficient (Wildman–Crippen LogP) is 4.04. The summed E-state index contributed by atoms with van der Waals surface area (Å²) in [6.45, 7) is 7.71. The fourth-order valence-corrected chi connectivity index (χ4v) is 1.61. The van der Waals surface area contributed by atoms with E-state index in [-0.39, 0.29) is 0 Å². The number of benzene rings is 1. The summed E-state index contributed by atoms with van der Waals surface area (Å²) in [4.78, 5) is 0. The van der Waals surface area contributed by atoms with Gasteiger partial charge in [0.05, 0.1) is 0 Å². The van der Waals surface area contributed by atoms with Gasteiger partial charge in [-0.3, -0.25) is 0 Å². The molecule has 1 N–H and O–H groups in total. The van der Waals surface area contributed by atoms with Crippen LogP contribution >= 0.6 is 11.6 Å². The van der Waals surface area contributed by atoms with E-state index in [0.717, 1.165) is 17.5 Å². The Kier molecular flexibility index (Phi) is 5.13. The van der Waals surface area contributed by atoms with Crippen molar-refractivity contribution in [2.75, 3.05) is 6.54 Å². The average molecular weight is 226 g/mol. The van der Waals surface area contributed by atoms with Gasteiger partial charge in [0.1, 0.15) is 0 Å². The summed E-state index contributed by atoms with van der Waals surface area (Å²) >= 11 is 5.95. The van der Waals surface area contributed by atoms with Crippen molar-refractivity contribution in [3.8, 4) is 0 Å². The second kappa shape index (κ2) is 6.14. The van der Waals surface area contributed by atoms with Crippen molar-refractivity contribution in [3.63, 3.8) is 0 Å². The molecule has 0 heterocycles. The topological polar surface area (TPSA) is 12.0 Å². The number of nitrogens with one attached hydrogen (secondary N) is 1. The molecule has 0 aliphatic rings. The third kappa shape index (κ3) is 4.23. The second-order valence-electron chi connectivity index (χ2n) is 4.20. The summed E-state index contributed by atoms with van der Waals surface area (Å²) in [6.07, 6.45) is 1.22. The Morgan fingerprint density at radius 2 is 2.07 bits per heavy atom. The van der Waals surface area contributed by atoms with Gasteiger partial charge in [-0.05, 0) is 37.1 Å². The minimum Gasteiger partial charge on any atom is -0.310 e. The molecule has 0 bridgehead atoms. The van der Waals surface area contributed by atoms with Crippen LogP contribution in [0.15, 0.2) is 24.3 Å². The Bertz CT molecular complexity index is 298. The molecule has 1 rings (SSSR count). The Balaban J connectivity index is 2.50. The maximum atomic E-state index is 5.95. The Hall–Kier alpha value is -0.530. The maximum absolute atomic E-state index is 5.95. The third-order valence-corrected chi connectivity index (χ3v) is 3.05. The zero-order valence-corrected chi connectivity index (χ0v) is 10.5. The molecule has 1 unspecified atom stereocenters. The molecule has 0 radical (unpaired) electrons. The first-order chi connectivity index (χ1) is 7.13. The largest absolute Gasteiger partial charge is 0.310 e. The van der Waals surface area contributed by atoms with Crippen LogP contribution in [0.5, 0.6) is 0 Å². The fraction of sp³-hybridized carbons (Fsp3) is 0.538. The van der Waals surface area contributed by atoms with Crippen LogP contribution in [0.25, 0.3) is 0 Å². The molecule has 2 heteroatoms. The van der Waals surface area contributed by atoms with Crippen LogP contribution in [-0.4, -0.2) is 6.54 Å².